The van der Waals surface area contributed by atoms with Crippen molar-refractivity contribution in [1.82, 2.24) is 30.1 Å². The lowest BCUT2D eigenvalue weighted by Crippen LogP contribution is -2.66. The van der Waals surface area contributed by atoms with Gasteiger partial charge in [-0.15, -0.1) is 6.42 Å². The SMILES string of the molecule is C#CCN(C(=O)NCCCC)N1CC(=O)N2[C@@H](Cc3ccc(OCC(=O)OC)cc3)C(=O)N(Cc3cccc4sc(N)nc34)C[C@@H]21. The van der Waals surface area contributed by atoms with Crippen molar-refractivity contribution in [1.29, 1.82) is 0 Å². The number of piperazine rings is 1. The maximum Gasteiger partial charge on any atom is 0.343 e. The summed E-state index contributed by atoms with van der Waals surface area (Å²) in [6.45, 7) is 2.51. The van der Waals surface area contributed by atoms with Crippen molar-refractivity contribution in [3.8, 4) is 18.1 Å². The molecule has 2 saturated heterocycles. The van der Waals surface area contributed by atoms with Crippen LogP contribution in [0.15, 0.2) is 42.5 Å². The number of benzene rings is 2. The molecule has 2 aromatic carbocycles. The van der Waals surface area contributed by atoms with Crippen LogP contribution in [0.2, 0.25) is 0 Å². The maximum absolute atomic E-state index is 14.2. The molecule has 46 heavy (non-hydrogen) atoms. The molecule has 0 bridgehead atoms. The molecule has 3 heterocycles. The highest BCUT2D eigenvalue weighted by Crippen LogP contribution is 2.32. The molecule has 0 unspecified atom stereocenters. The monoisotopic (exact) mass is 647 g/mol. The van der Waals surface area contributed by atoms with Crippen LogP contribution in [0.1, 0.15) is 30.9 Å². The second kappa shape index (κ2) is 14.5. The number of hydrazine groups is 1. The smallest absolute Gasteiger partial charge is 0.343 e. The van der Waals surface area contributed by atoms with Gasteiger partial charge in [0.25, 0.3) is 0 Å². The zero-order chi connectivity index (χ0) is 32.8. The lowest BCUT2D eigenvalue weighted by Gasteiger charge is -2.46. The summed E-state index contributed by atoms with van der Waals surface area (Å²) in [4.78, 5) is 60.4. The van der Waals surface area contributed by atoms with E-state index in [1.165, 1.54) is 23.5 Å². The number of amides is 4. The molecule has 5 rings (SSSR count). The van der Waals surface area contributed by atoms with Gasteiger partial charge < -0.3 is 30.3 Å². The number of anilines is 1. The van der Waals surface area contributed by atoms with E-state index in [4.69, 9.17) is 16.9 Å². The van der Waals surface area contributed by atoms with Crippen molar-refractivity contribution in [3.05, 3.63) is 53.6 Å². The number of carbonyl (C=O) groups is 4. The van der Waals surface area contributed by atoms with Crippen LogP contribution in [-0.2, 0) is 32.1 Å². The first-order chi connectivity index (χ1) is 22.2. The molecule has 2 aliphatic rings. The van der Waals surface area contributed by atoms with E-state index in [1.54, 1.807) is 39.1 Å². The number of esters is 1. The molecule has 0 saturated carbocycles. The first-order valence-corrected chi connectivity index (χ1v) is 15.8. The first-order valence-electron chi connectivity index (χ1n) is 15.0. The van der Waals surface area contributed by atoms with Gasteiger partial charge in [-0.1, -0.05) is 54.9 Å². The van der Waals surface area contributed by atoms with Gasteiger partial charge in [0.05, 0.1) is 37.0 Å². The average molecular weight is 648 g/mol. The molecule has 1 aromatic heterocycles. The first kappa shape index (κ1) is 32.5. The minimum Gasteiger partial charge on any atom is -0.482 e. The van der Waals surface area contributed by atoms with Crippen molar-refractivity contribution in [2.45, 2.75) is 44.9 Å². The molecule has 14 heteroatoms. The van der Waals surface area contributed by atoms with Gasteiger partial charge in [0.15, 0.2) is 11.7 Å². The molecule has 0 spiro atoms. The Morgan fingerprint density at radius 3 is 2.72 bits per heavy atom. The fourth-order valence-electron chi connectivity index (χ4n) is 5.72. The highest BCUT2D eigenvalue weighted by atomic mass is 32.1. The molecule has 3 aromatic rings. The number of hydrogen-bond donors (Lipinski definition) is 2. The number of rotatable bonds is 12. The number of carbonyl (C=O) groups excluding carboxylic acids is 4. The van der Waals surface area contributed by atoms with Crippen LogP contribution < -0.4 is 15.8 Å². The van der Waals surface area contributed by atoms with E-state index in [0.29, 0.717) is 17.4 Å². The fourth-order valence-corrected chi connectivity index (χ4v) is 6.50. The Bertz CT molecular complexity index is 1640. The third-order valence-electron chi connectivity index (χ3n) is 7.98. The van der Waals surface area contributed by atoms with E-state index in [1.807, 2.05) is 25.1 Å². The van der Waals surface area contributed by atoms with E-state index >= 15 is 0 Å². The molecule has 4 amide bonds. The highest BCUT2D eigenvalue weighted by molar-refractivity contribution is 7.22. The van der Waals surface area contributed by atoms with Crippen molar-refractivity contribution in [3.63, 3.8) is 0 Å². The summed E-state index contributed by atoms with van der Waals surface area (Å²) >= 11 is 1.37. The molecule has 242 valence electrons. The molecule has 2 aliphatic heterocycles. The maximum atomic E-state index is 14.2. The Labute approximate surface area is 271 Å². The van der Waals surface area contributed by atoms with Gasteiger partial charge in [-0.25, -0.2) is 19.6 Å². The molecule has 13 nitrogen and oxygen atoms in total. The minimum absolute atomic E-state index is 0.0430. The molecule has 2 fully saturated rings. The van der Waals surface area contributed by atoms with Crippen LogP contribution in [0.25, 0.3) is 10.2 Å². The number of urea groups is 1. The van der Waals surface area contributed by atoms with Gasteiger partial charge in [0.2, 0.25) is 11.8 Å². The zero-order valence-corrected chi connectivity index (χ0v) is 26.6. The second-order valence-electron chi connectivity index (χ2n) is 11.0. The predicted octanol–water partition coefficient (Wildman–Crippen LogP) is 2.21. The van der Waals surface area contributed by atoms with Crippen LogP contribution >= 0.6 is 11.3 Å². The zero-order valence-electron chi connectivity index (χ0n) is 25.8. The Kier molecular flexibility index (Phi) is 10.2. The van der Waals surface area contributed by atoms with Gasteiger partial charge >= 0.3 is 12.0 Å². The minimum atomic E-state index is -0.853. The highest BCUT2D eigenvalue weighted by Gasteiger charge is 2.52. The Morgan fingerprint density at radius 1 is 1.22 bits per heavy atom. The normalized spacial score (nSPS) is 17.9. The number of fused-ring (bicyclic) bond motifs is 2. The summed E-state index contributed by atoms with van der Waals surface area (Å²) < 4.78 is 11.0. The standard InChI is InChI=1S/C32H37N7O6S/c1-4-6-14-34-32(43)37(15-5-2)38-19-27(40)39-24(16-21-10-12-23(13-11-21)45-20-28(41)44-3)30(42)36(18-26(38)39)17-22-8-7-9-25-29(22)35-31(33)46-25/h2,7-13,24,26H,4,6,14-20H2,1,3H3,(H2,33,35)(H,34,43)/t24-,26+/m0/s1. The molecule has 0 aliphatic carbocycles. The quantitative estimate of drug-likeness (QED) is 0.171. The predicted molar refractivity (Wildman–Crippen MR) is 172 cm³/mol. The summed E-state index contributed by atoms with van der Waals surface area (Å²) in [6, 6.07) is 11.5. The largest absolute Gasteiger partial charge is 0.482 e. The second-order valence-corrected chi connectivity index (χ2v) is 12.1. The number of nitrogen functional groups attached to an aromatic ring is 1. The number of thiazole rings is 1. The van der Waals surface area contributed by atoms with Gasteiger partial charge in [0, 0.05) is 19.5 Å². The number of terminal acetylenes is 1. The van der Waals surface area contributed by atoms with Crippen LogP contribution in [0.4, 0.5) is 9.93 Å². The number of nitrogens with two attached hydrogens (primary N) is 1. The van der Waals surface area contributed by atoms with Gasteiger partial charge in [-0.2, -0.15) is 5.01 Å². The van der Waals surface area contributed by atoms with E-state index < -0.39 is 24.2 Å². The topological polar surface area (TPSA) is 151 Å². The number of para-hydroxylation sites is 1. The third kappa shape index (κ3) is 7.00. The molecular weight excluding hydrogens is 610 g/mol. The van der Waals surface area contributed by atoms with Crippen LogP contribution in [-0.4, -0.2) is 101 Å². The summed E-state index contributed by atoms with van der Waals surface area (Å²) in [6.07, 6.45) is 6.96. The number of hydrogen-bond acceptors (Lipinski definition) is 10. The summed E-state index contributed by atoms with van der Waals surface area (Å²) in [7, 11) is 1.28. The Morgan fingerprint density at radius 2 is 2.00 bits per heavy atom. The number of ether oxygens (including phenoxy) is 2. The Balaban J connectivity index is 1.45. The molecular formula is C32H37N7O6S. The molecule has 2 atom stereocenters. The summed E-state index contributed by atoms with van der Waals surface area (Å²) in [5, 5.41) is 6.38. The number of aromatic nitrogens is 1. The van der Waals surface area contributed by atoms with E-state index in [9.17, 15) is 19.2 Å². The van der Waals surface area contributed by atoms with Crippen molar-refractivity contribution in [2.75, 3.05) is 45.6 Å². The van der Waals surface area contributed by atoms with Crippen molar-refractivity contribution >= 4 is 50.5 Å². The average Bonchev–Trinajstić information content (AvgIpc) is 3.60. The number of methoxy groups -OCH3 is 1. The van der Waals surface area contributed by atoms with Crippen molar-refractivity contribution < 1.29 is 28.7 Å². The van der Waals surface area contributed by atoms with Gasteiger partial charge in [0.1, 0.15) is 18.0 Å². The van der Waals surface area contributed by atoms with Crippen molar-refractivity contribution in [2.24, 2.45) is 0 Å². The van der Waals surface area contributed by atoms with Crippen LogP contribution in [0.3, 0.4) is 0 Å². The van der Waals surface area contributed by atoms with E-state index in [-0.39, 0.29) is 51.0 Å². The third-order valence-corrected chi connectivity index (χ3v) is 8.83. The van der Waals surface area contributed by atoms with E-state index in [0.717, 1.165) is 34.2 Å². The van der Waals surface area contributed by atoms with Crippen LogP contribution in [0.5, 0.6) is 5.75 Å². The molecule has 0 radical (unpaired) electrons. The summed E-state index contributed by atoms with van der Waals surface area (Å²) in [5.74, 6) is 1.99. The van der Waals surface area contributed by atoms with E-state index in [2.05, 4.69) is 21.0 Å². The van der Waals surface area contributed by atoms with Gasteiger partial charge in [-0.05, 0) is 35.7 Å². The van der Waals surface area contributed by atoms with Gasteiger partial charge in [-0.3, -0.25) is 9.59 Å². The number of nitrogens with zero attached hydrogens (tertiary/aromatic N) is 5. The number of nitrogens with one attached hydrogen (secondary N) is 1. The molecule has 3 N–H and O–H groups in total. The van der Waals surface area contributed by atoms with Crippen LogP contribution in [0, 0.1) is 12.3 Å². The fraction of sp³-hybridized carbons (Fsp3) is 0.406. The lowest BCUT2D eigenvalue weighted by molar-refractivity contribution is -0.157. The number of unbranched alkanes of at least 4 members (excludes halogenated alkanes) is 1. The Hall–Kier alpha value is -4.87. The summed E-state index contributed by atoms with van der Waals surface area (Å²) in [5.41, 5.74) is 8.33. The lowest BCUT2D eigenvalue weighted by atomic mass is 9.99.